The van der Waals surface area contributed by atoms with E-state index in [1.807, 2.05) is 0 Å². The quantitative estimate of drug-likeness (QED) is 0.795. The van der Waals surface area contributed by atoms with Crippen molar-refractivity contribution in [2.45, 2.75) is 46.5 Å². The molecule has 4 N–H and O–H groups in total. The molecule has 0 bridgehead atoms. The number of amides is 1. The Balaban J connectivity index is 2.04. The van der Waals surface area contributed by atoms with Crippen LogP contribution in [0.4, 0.5) is 0 Å². The number of aromatic amines is 1. The van der Waals surface area contributed by atoms with Crippen LogP contribution in [0.3, 0.4) is 0 Å². The number of aryl methyl sites for hydroxylation is 1. The molecule has 0 aromatic carbocycles. The molecule has 2 aromatic heterocycles. The maximum absolute atomic E-state index is 11.2. The summed E-state index contributed by atoms with van der Waals surface area (Å²) in [5.74, 6) is 0.160. The number of fused-ring (bicyclic) bond motifs is 2. The van der Waals surface area contributed by atoms with Crippen molar-refractivity contribution in [2.24, 2.45) is 17.1 Å². The zero-order chi connectivity index (χ0) is 16.1. The number of nitrogens with one attached hydrogen (secondary N) is 1. The summed E-state index contributed by atoms with van der Waals surface area (Å²) in [6, 6.07) is 2.07. The van der Waals surface area contributed by atoms with Gasteiger partial charge in [-0.15, -0.1) is 0 Å². The van der Waals surface area contributed by atoms with Gasteiger partial charge in [-0.1, -0.05) is 20.8 Å². The predicted octanol–water partition coefficient (Wildman–Crippen LogP) is 2.45. The van der Waals surface area contributed by atoms with E-state index in [2.05, 4.69) is 31.8 Å². The molecule has 0 radical (unpaired) electrons. The van der Waals surface area contributed by atoms with Gasteiger partial charge in [0.2, 0.25) is 5.91 Å². The fourth-order valence-electron chi connectivity index (χ4n) is 3.39. The van der Waals surface area contributed by atoms with E-state index in [4.69, 9.17) is 10.7 Å². The van der Waals surface area contributed by atoms with Gasteiger partial charge in [0.1, 0.15) is 0 Å². The molecular weight excluding hydrogens is 278 g/mol. The SMILES string of the molecule is CC(C)(C)C1CCc2nc3c(CC(N)=O)c(O)[nH]c3cc2C1. The highest BCUT2D eigenvalue weighted by molar-refractivity contribution is 5.88. The standard InChI is InChI=1S/C17H23N3O2/c1-17(2,3)10-4-5-12-9(6-10)7-13-15(19-12)11(8-14(18)21)16(22)20-13/h7,10,20,22H,4-6,8H2,1-3H3,(H2,18,21). The fourth-order valence-corrected chi connectivity index (χ4v) is 3.39. The van der Waals surface area contributed by atoms with Crippen LogP contribution in [0, 0.1) is 11.3 Å². The van der Waals surface area contributed by atoms with Crippen molar-refractivity contribution in [3.8, 4) is 5.88 Å². The summed E-state index contributed by atoms with van der Waals surface area (Å²) in [4.78, 5) is 18.8. The van der Waals surface area contributed by atoms with E-state index in [9.17, 15) is 9.90 Å². The maximum atomic E-state index is 11.2. The van der Waals surface area contributed by atoms with Gasteiger partial charge in [0.25, 0.3) is 0 Å². The molecule has 1 aliphatic rings. The van der Waals surface area contributed by atoms with Crippen LogP contribution in [0.1, 0.15) is 44.0 Å². The van der Waals surface area contributed by atoms with Crippen LogP contribution in [0.5, 0.6) is 5.88 Å². The Morgan fingerprint density at radius 2 is 2.23 bits per heavy atom. The van der Waals surface area contributed by atoms with Crippen molar-refractivity contribution < 1.29 is 9.90 Å². The van der Waals surface area contributed by atoms with E-state index in [0.29, 0.717) is 17.0 Å². The number of carbonyl (C=O) groups is 1. The number of hydrogen-bond acceptors (Lipinski definition) is 3. The van der Waals surface area contributed by atoms with Gasteiger partial charge in [-0.3, -0.25) is 9.78 Å². The Labute approximate surface area is 129 Å². The van der Waals surface area contributed by atoms with Crippen molar-refractivity contribution >= 4 is 16.9 Å². The number of nitrogens with zero attached hydrogens (tertiary/aromatic N) is 1. The van der Waals surface area contributed by atoms with Gasteiger partial charge in [0.15, 0.2) is 5.88 Å². The highest BCUT2D eigenvalue weighted by Crippen LogP contribution is 2.38. The molecule has 5 heteroatoms. The monoisotopic (exact) mass is 301 g/mol. The van der Waals surface area contributed by atoms with Crippen molar-refractivity contribution in [3.05, 3.63) is 22.9 Å². The van der Waals surface area contributed by atoms with Crippen molar-refractivity contribution in [2.75, 3.05) is 0 Å². The zero-order valence-electron chi connectivity index (χ0n) is 13.4. The van der Waals surface area contributed by atoms with E-state index in [0.717, 1.165) is 30.5 Å². The fraction of sp³-hybridized carbons (Fsp3) is 0.529. The van der Waals surface area contributed by atoms with Gasteiger partial charge < -0.3 is 15.8 Å². The van der Waals surface area contributed by atoms with Crippen LogP contribution >= 0.6 is 0 Å². The molecule has 1 aliphatic carbocycles. The van der Waals surface area contributed by atoms with Gasteiger partial charge in [0, 0.05) is 11.3 Å². The van der Waals surface area contributed by atoms with Crippen molar-refractivity contribution in [1.82, 2.24) is 9.97 Å². The number of H-pyrrole nitrogens is 1. The van der Waals surface area contributed by atoms with Crippen molar-refractivity contribution in [3.63, 3.8) is 0 Å². The first-order chi connectivity index (χ1) is 10.3. The number of aromatic nitrogens is 2. The van der Waals surface area contributed by atoms with Crippen LogP contribution in [0.2, 0.25) is 0 Å². The number of rotatable bonds is 2. The van der Waals surface area contributed by atoms with Crippen LogP contribution < -0.4 is 5.73 Å². The molecular formula is C17H23N3O2. The van der Waals surface area contributed by atoms with Gasteiger partial charge >= 0.3 is 0 Å². The van der Waals surface area contributed by atoms with Gasteiger partial charge in [0.05, 0.1) is 17.5 Å². The first-order valence-corrected chi connectivity index (χ1v) is 7.76. The number of nitrogens with two attached hydrogens (primary N) is 1. The highest BCUT2D eigenvalue weighted by atomic mass is 16.3. The lowest BCUT2D eigenvalue weighted by atomic mass is 9.71. The maximum Gasteiger partial charge on any atom is 0.222 e. The average Bonchev–Trinajstić information content (AvgIpc) is 2.70. The number of hydrogen-bond donors (Lipinski definition) is 3. The summed E-state index contributed by atoms with van der Waals surface area (Å²) in [6.45, 7) is 6.83. The van der Waals surface area contributed by atoms with Gasteiger partial charge in [-0.25, -0.2) is 0 Å². The van der Waals surface area contributed by atoms with Gasteiger partial charge in [-0.05, 0) is 42.2 Å². The Kier molecular flexibility index (Phi) is 3.38. The highest BCUT2D eigenvalue weighted by Gasteiger charge is 2.30. The Morgan fingerprint density at radius 3 is 2.86 bits per heavy atom. The molecule has 1 atom stereocenters. The van der Waals surface area contributed by atoms with Crippen LogP contribution in [-0.2, 0) is 24.1 Å². The molecule has 0 spiro atoms. The molecule has 1 unspecified atom stereocenters. The molecule has 0 saturated heterocycles. The number of primary amides is 1. The Morgan fingerprint density at radius 1 is 1.50 bits per heavy atom. The Bertz CT molecular complexity index is 740. The van der Waals surface area contributed by atoms with E-state index < -0.39 is 5.91 Å². The minimum absolute atomic E-state index is 0.00222. The topological polar surface area (TPSA) is 92.0 Å². The summed E-state index contributed by atoms with van der Waals surface area (Å²) in [5, 5.41) is 10.0. The largest absolute Gasteiger partial charge is 0.494 e. The summed E-state index contributed by atoms with van der Waals surface area (Å²) in [5.41, 5.74) is 9.81. The Hall–Kier alpha value is -2.04. The van der Waals surface area contributed by atoms with Crippen LogP contribution in [-0.4, -0.2) is 21.0 Å². The second-order valence-corrected chi connectivity index (χ2v) is 7.39. The lowest BCUT2D eigenvalue weighted by molar-refractivity contribution is -0.117. The zero-order valence-corrected chi connectivity index (χ0v) is 13.4. The minimum Gasteiger partial charge on any atom is -0.494 e. The van der Waals surface area contributed by atoms with E-state index in [1.165, 1.54) is 5.56 Å². The molecule has 3 rings (SSSR count). The number of aromatic hydroxyl groups is 1. The summed E-state index contributed by atoms with van der Waals surface area (Å²) in [7, 11) is 0. The number of carbonyl (C=O) groups excluding carboxylic acids is 1. The summed E-state index contributed by atoms with van der Waals surface area (Å²) >= 11 is 0. The molecule has 1 amide bonds. The lowest BCUT2D eigenvalue weighted by Crippen LogP contribution is -2.27. The molecule has 0 aliphatic heterocycles. The van der Waals surface area contributed by atoms with E-state index >= 15 is 0 Å². The summed E-state index contributed by atoms with van der Waals surface area (Å²) < 4.78 is 0. The molecule has 22 heavy (non-hydrogen) atoms. The third-order valence-corrected chi connectivity index (χ3v) is 4.79. The third kappa shape index (κ3) is 2.56. The predicted molar refractivity (Wildman–Crippen MR) is 85.6 cm³/mol. The minimum atomic E-state index is -0.469. The lowest BCUT2D eigenvalue weighted by Gasteiger charge is -2.34. The van der Waals surface area contributed by atoms with Crippen molar-refractivity contribution in [1.29, 1.82) is 0 Å². The van der Waals surface area contributed by atoms with Gasteiger partial charge in [-0.2, -0.15) is 0 Å². The molecule has 0 saturated carbocycles. The van der Waals surface area contributed by atoms with E-state index in [-0.39, 0.29) is 17.7 Å². The molecule has 2 heterocycles. The smallest absolute Gasteiger partial charge is 0.222 e. The second kappa shape index (κ2) is 5.00. The summed E-state index contributed by atoms with van der Waals surface area (Å²) in [6.07, 6.45) is 3.07. The first-order valence-electron chi connectivity index (χ1n) is 7.76. The normalized spacial score (nSPS) is 18.4. The third-order valence-electron chi connectivity index (χ3n) is 4.79. The van der Waals surface area contributed by atoms with Crippen LogP contribution in [0.25, 0.3) is 11.0 Å². The van der Waals surface area contributed by atoms with Crippen LogP contribution in [0.15, 0.2) is 6.07 Å². The molecule has 0 fully saturated rings. The second-order valence-electron chi connectivity index (χ2n) is 7.39. The number of pyridine rings is 1. The first kappa shape index (κ1) is 14.9. The molecule has 2 aromatic rings. The molecule has 5 nitrogen and oxygen atoms in total. The molecule has 118 valence electrons. The average molecular weight is 301 g/mol. The van der Waals surface area contributed by atoms with E-state index in [1.54, 1.807) is 0 Å².